The lowest BCUT2D eigenvalue weighted by atomic mass is 9.70. The second kappa shape index (κ2) is 11.3. The predicted octanol–water partition coefficient (Wildman–Crippen LogP) is -0.502. The number of hydrogen-bond donors (Lipinski definition) is 3. The van der Waals surface area contributed by atoms with E-state index in [1.54, 1.807) is 4.90 Å². The lowest BCUT2D eigenvalue weighted by Crippen LogP contribution is -2.56. The van der Waals surface area contributed by atoms with Crippen LogP contribution < -0.4 is 10.6 Å². The molecule has 4 heterocycles. The fourth-order valence-electron chi connectivity index (χ4n) is 6.19. The second-order valence-corrected chi connectivity index (χ2v) is 9.91. The minimum atomic E-state index is -0.935. The number of aliphatic hydroxyl groups excluding tert-OH is 1. The molecule has 2 unspecified atom stereocenters. The van der Waals surface area contributed by atoms with Crippen LogP contribution in [-0.4, -0.2) is 109 Å². The molecule has 2 bridgehead atoms. The Morgan fingerprint density at radius 1 is 1.09 bits per heavy atom. The van der Waals surface area contributed by atoms with Crippen LogP contribution in [0.2, 0.25) is 0 Å². The first-order valence-corrected chi connectivity index (χ1v) is 13.0. The Morgan fingerprint density at radius 3 is 2.59 bits per heavy atom. The van der Waals surface area contributed by atoms with E-state index in [2.05, 4.69) is 15.5 Å². The first-order chi connectivity index (χ1) is 16.5. The summed E-state index contributed by atoms with van der Waals surface area (Å²) in [6.45, 7) is 7.41. The number of unbranched alkanes of at least 4 members (excludes halogenated alkanes) is 2. The zero-order valence-electron chi connectivity index (χ0n) is 20.3. The van der Waals surface area contributed by atoms with Crippen LogP contribution in [0.3, 0.4) is 0 Å². The van der Waals surface area contributed by atoms with Gasteiger partial charge in [-0.05, 0) is 38.5 Å². The first kappa shape index (κ1) is 25.3. The van der Waals surface area contributed by atoms with E-state index in [4.69, 9.17) is 14.6 Å². The first-order valence-electron chi connectivity index (χ1n) is 13.0. The molecule has 34 heavy (non-hydrogen) atoms. The average Bonchev–Trinajstić information content (AvgIpc) is 3.48. The van der Waals surface area contributed by atoms with E-state index in [1.165, 1.54) is 0 Å². The van der Waals surface area contributed by atoms with Gasteiger partial charge in [0, 0.05) is 45.9 Å². The van der Waals surface area contributed by atoms with Crippen LogP contribution in [0.15, 0.2) is 0 Å². The second-order valence-electron chi connectivity index (χ2n) is 9.91. The van der Waals surface area contributed by atoms with Gasteiger partial charge in [-0.2, -0.15) is 0 Å². The largest absolute Gasteiger partial charge is 0.396 e. The summed E-state index contributed by atoms with van der Waals surface area (Å²) in [5.41, 5.74) is -0.935. The molecule has 5 atom stereocenters. The number of carbonyl (C=O) groups is 3. The molecule has 0 aliphatic carbocycles. The van der Waals surface area contributed by atoms with E-state index in [1.807, 2.05) is 6.92 Å². The van der Waals surface area contributed by atoms with Gasteiger partial charge in [0.2, 0.25) is 17.7 Å². The predicted molar refractivity (Wildman–Crippen MR) is 124 cm³/mol. The normalized spacial score (nSPS) is 32.8. The van der Waals surface area contributed by atoms with Gasteiger partial charge in [0.25, 0.3) is 0 Å². The van der Waals surface area contributed by atoms with E-state index < -0.39 is 23.5 Å². The maximum Gasteiger partial charge on any atom is 0.245 e. The summed E-state index contributed by atoms with van der Waals surface area (Å²) < 4.78 is 11.8. The molecule has 4 aliphatic rings. The van der Waals surface area contributed by atoms with Crippen molar-refractivity contribution in [1.29, 1.82) is 0 Å². The molecule has 10 heteroatoms. The van der Waals surface area contributed by atoms with E-state index in [-0.39, 0.29) is 30.4 Å². The van der Waals surface area contributed by atoms with E-state index >= 15 is 0 Å². The number of fused-ring (bicyclic) bond motifs is 1. The number of carbonyl (C=O) groups excluding carboxylic acids is 3. The van der Waals surface area contributed by atoms with Crippen molar-refractivity contribution in [3.8, 4) is 0 Å². The number of ether oxygens (including phenoxy) is 2. The summed E-state index contributed by atoms with van der Waals surface area (Å²) >= 11 is 0. The summed E-state index contributed by atoms with van der Waals surface area (Å²) in [6.07, 6.45) is 3.93. The highest BCUT2D eigenvalue weighted by molar-refractivity contribution is 5.98. The molecule has 3 amide bonds. The van der Waals surface area contributed by atoms with Crippen molar-refractivity contribution in [2.45, 2.75) is 63.2 Å². The van der Waals surface area contributed by atoms with Gasteiger partial charge in [-0.25, -0.2) is 0 Å². The number of hydrogen-bond acceptors (Lipinski definition) is 7. The number of nitrogens with zero attached hydrogens (tertiary/aromatic N) is 2. The van der Waals surface area contributed by atoms with Crippen molar-refractivity contribution in [1.82, 2.24) is 20.4 Å². The number of aliphatic hydroxyl groups is 1. The Morgan fingerprint density at radius 2 is 1.85 bits per heavy atom. The van der Waals surface area contributed by atoms with Crippen molar-refractivity contribution in [3.63, 3.8) is 0 Å². The summed E-state index contributed by atoms with van der Waals surface area (Å²) in [5.74, 6) is -1.63. The van der Waals surface area contributed by atoms with Crippen LogP contribution in [0.1, 0.15) is 45.4 Å². The zero-order valence-corrected chi connectivity index (χ0v) is 20.3. The number of nitrogens with one attached hydrogen (secondary N) is 2. The standard InChI is InChI=1S/C24H40N4O6/c1-2-8-25-21(30)18-17-6-7-24(34-17)19(18)23(32)28(10-4-3-5-14-29)20(24)22(31)26-9-11-27-12-15-33-16-13-27/h17-20,29H,2-16H2,1H3,(H,25,30)(H,26,31)/t17-,18+,19+,20?,24?/m1/s1. The SMILES string of the molecule is CCCNC(=O)[C@@H]1[C@H]2C(=O)N(CCCCCO)C(C(=O)NCCN3CCOCC3)C23CC[C@H]1O3. The maximum atomic E-state index is 13.7. The van der Waals surface area contributed by atoms with Gasteiger partial charge in [0.15, 0.2) is 0 Å². The monoisotopic (exact) mass is 480 g/mol. The van der Waals surface area contributed by atoms with Crippen LogP contribution >= 0.6 is 0 Å². The number of likely N-dealkylation sites (tertiary alicyclic amines) is 1. The Bertz CT molecular complexity index is 745. The molecule has 0 aromatic heterocycles. The Labute approximate surface area is 201 Å². The van der Waals surface area contributed by atoms with Crippen molar-refractivity contribution in [2.24, 2.45) is 11.8 Å². The summed E-state index contributed by atoms with van der Waals surface area (Å²) in [7, 11) is 0. The Balaban J connectivity index is 1.49. The number of morpholine rings is 1. The quantitative estimate of drug-likeness (QED) is 0.322. The topological polar surface area (TPSA) is 120 Å². The summed E-state index contributed by atoms with van der Waals surface area (Å²) in [6, 6.07) is -0.724. The van der Waals surface area contributed by atoms with Gasteiger partial charge in [-0.3, -0.25) is 19.3 Å². The molecule has 0 radical (unpaired) electrons. The summed E-state index contributed by atoms with van der Waals surface area (Å²) in [4.78, 5) is 44.1. The third-order valence-electron chi connectivity index (χ3n) is 7.79. The van der Waals surface area contributed by atoms with E-state index in [0.717, 1.165) is 32.5 Å². The molecule has 1 spiro atoms. The lowest BCUT2D eigenvalue weighted by molar-refractivity contribution is -0.142. The molecule has 192 valence electrons. The third-order valence-corrected chi connectivity index (χ3v) is 7.79. The smallest absolute Gasteiger partial charge is 0.245 e. The molecular formula is C24H40N4O6. The summed E-state index contributed by atoms with van der Waals surface area (Å²) in [5, 5.41) is 15.1. The molecule has 4 fully saturated rings. The highest BCUT2D eigenvalue weighted by Gasteiger charge is 2.74. The van der Waals surface area contributed by atoms with Crippen LogP contribution in [0.5, 0.6) is 0 Å². The Kier molecular flexibility index (Phi) is 8.44. The molecule has 3 N–H and O–H groups in total. The zero-order chi connectivity index (χ0) is 24.1. The molecule has 4 saturated heterocycles. The third kappa shape index (κ3) is 4.82. The molecule has 4 aliphatic heterocycles. The van der Waals surface area contributed by atoms with Crippen molar-refractivity contribution in [2.75, 3.05) is 59.1 Å². The molecule has 10 nitrogen and oxygen atoms in total. The van der Waals surface area contributed by atoms with Gasteiger partial charge in [0.1, 0.15) is 11.6 Å². The van der Waals surface area contributed by atoms with Gasteiger partial charge >= 0.3 is 0 Å². The minimum Gasteiger partial charge on any atom is -0.396 e. The molecular weight excluding hydrogens is 440 g/mol. The Hall–Kier alpha value is -1.75. The van der Waals surface area contributed by atoms with Crippen molar-refractivity contribution >= 4 is 17.7 Å². The lowest BCUT2D eigenvalue weighted by Gasteiger charge is -2.34. The highest BCUT2D eigenvalue weighted by Crippen LogP contribution is 2.58. The molecule has 0 aromatic carbocycles. The van der Waals surface area contributed by atoms with Gasteiger partial charge in [-0.15, -0.1) is 0 Å². The van der Waals surface area contributed by atoms with E-state index in [9.17, 15) is 14.4 Å². The molecule has 4 rings (SSSR count). The fourth-order valence-corrected chi connectivity index (χ4v) is 6.19. The molecule has 0 aromatic rings. The average molecular weight is 481 g/mol. The van der Waals surface area contributed by atoms with Crippen molar-refractivity contribution in [3.05, 3.63) is 0 Å². The minimum absolute atomic E-state index is 0.108. The number of amides is 3. The highest BCUT2D eigenvalue weighted by atomic mass is 16.5. The van der Waals surface area contributed by atoms with Gasteiger partial charge in [0.05, 0.1) is 31.2 Å². The molecule has 0 saturated carbocycles. The van der Waals surface area contributed by atoms with Crippen molar-refractivity contribution < 1.29 is 29.0 Å². The van der Waals surface area contributed by atoms with Crippen LogP contribution in [0.4, 0.5) is 0 Å². The van der Waals surface area contributed by atoms with Gasteiger partial charge < -0.3 is 30.1 Å². The van der Waals surface area contributed by atoms with Crippen LogP contribution in [0.25, 0.3) is 0 Å². The van der Waals surface area contributed by atoms with Gasteiger partial charge in [-0.1, -0.05) is 6.92 Å². The van der Waals surface area contributed by atoms with E-state index in [0.29, 0.717) is 58.5 Å². The van der Waals surface area contributed by atoms with Crippen LogP contribution in [-0.2, 0) is 23.9 Å². The van der Waals surface area contributed by atoms with Crippen LogP contribution in [0, 0.1) is 11.8 Å². The fraction of sp³-hybridized carbons (Fsp3) is 0.875. The maximum absolute atomic E-state index is 13.7. The number of rotatable bonds is 12.